The zero-order valence-electron chi connectivity index (χ0n) is 15.7. The Morgan fingerprint density at radius 3 is 1.88 bits per heavy atom. The first-order valence-electron chi connectivity index (χ1n) is 9.27. The molecule has 150 valence electrons. The van der Waals surface area contributed by atoms with Crippen molar-refractivity contribution in [1.82, 2.24) is 0 Å². The Hall–Kier alpha value is -0.460. The molecule has 4 saturated carbocycles. The van der Waals surface area contributed by atoms with Crippen LogP contribution in [0.1, 0.15) is 60.3 Å². The molecule has 4 rings (SSSR count). The SMILES string of the molecule is CC(C)(C)OC(CC1CC23CC2C2C(C)(C)C12C3)(C(F)(F)F)C(F)(F)F. The van der Waals surface area contributed by atoms with E-state index in [0.29, 0.717) is 12.3 Å². The Kier molecular flexibility index (Phi) is 3.20. The number of alkyl halides is 6. The number of fused-ring (bicyclic) bond motifs is 1. The summed E-state index contributed by atoms with van der Waals surface area (Å²) in [5.74, 6) is 0.206. The smallest absolute Gasteiger partial charge is 0.352 e. The van der Waals surface area contributed by atoms with E-state index in [2.05, 4.69) is 0 Å². The van der Waals surface area contributed by atoms with Gasteiger partial charge in [0.1, 0.15) is 0 Å². The first-order chi connectivity index (χ1) is 11.4. The van der Waals surface area contributed by atoms with E-state index in [1.54, 1.807) is 0 Å². The van der Waals surface area contributed by atoms with Crippen LogP contribution in [0.4, 0.5) is 26.3 Å². The maximum absolute atomic E-state index is 13.9. The van der Waals surface area contributed by atoms with Crippen molar-refractivity contribution in [3.05, 3.63) is 0 Å². The third kappa shape index (κ3) is 1.99. The molecule has 0 aromatic carbocycles. The van der Waals surface area contributed by atoms with E-state index in [4.69, 9.17) is 4.74 Å². The highest BCUT2D eigenvalue weighted by atomic mass is 19.4. The van der Waals surface area contributed by atoms with Crippen LogP contribution in [0.3, 0.4) is 0 Å². The maximum Gasteiger partial charge on any atom is 0.426 e. The Bertz CT molecular complexity index is 628. The zero-order chi connectivity index (χ0) is 19.8. The second-order valence-corrected chi connectivity index (χ2v) is 10.7. The van der Waals surface area contributed by atoms with Gasteiger partial charge in [-0.1, -0.05) is 13.8 Å². The van der Waals surface area contributed by atoms with Gasteiger partial charge in [0, 0.05) is 0 Å². The predicted molar refractivity (Wildman–Crippen MR) is 83.3 cm³/mol. The zero-order valence-corrected chi connectivity index (χ0v) is 15.7. The maximum atomic E-state index is 13.9. The van der Waals surface area contributed by atoms with Gasteiger partial charge in [0.15, 0.2) is 0 Å². The molecule has 4 fully saturated rings. The molecule has 5 unspecified atom stereocenters. The Morgan fingerprint density at radius 1 is 0.923 bits per heavy atom. The van der Waals surface area contributed by atoms with Crippen LogP contribution in [-0.2, 0) is 4.74 Å². The summed E-state index contributed by atoms with van der Waals surface area (Å²) in [5, 5.41) is 0. The van der Waals surface area contributed by atoms with Crippen LogP contribution in [0.2, 0.25) is 0 Å². The monoisotopic (exact) mass is 384 g/mol. The fourth-order valence-corrected chi connectivity index (χ4v) is 7.34. The average molecular weight is 384 g/mol. The van der Waals surface area contributed by atoms with Crippen LogP contribution in [0.25, 0.3) is 0 Å². The van der Waals surface area contributed by atoms with Gasteiger partial charge in [-0.3, -0.25) is 0 Å². The fraction of sp³-hybridized carbons (Fsp3) is 1.00. The summed E-state index contributed by atoms with van der Waals surface area (Å²) in [6.07, 6.45) is -9.76. The molecule has 2 bridgehead atoms. The van der Waals surface area contributed by atoms with Crippen molar-refractivity contribution in [1.29, 1.82) is 0 Å². The van der Waals surface area contributed by atoms with Gasteiger partial charge in [-0.05, 0) is 80.5 Å². The molecule has 4 aliphatic rings. The van der Waals surface area contributed by atoms with E-state index in [-0.39, 0.29) is 22.2 Å². The van der Waals surface area contributed by atoms with Gasteiger partial charge in [-0.2, -0.15) is 26.3 Å². The second-order valence-electron chi connectivity index (χ2n) is 10.7. The quantitative estimate of drug-likeness (QED) is 0.532. The molecule has 0 heterocycles. The van der Waals surface area contributed by atoms with Gasteiger partial charge in [0.2, 0.25) is 0 Å². The lowest BCUT2D eigenvalue weighted by atomic mass is 9.76. The van der Waals surface area contributed by atoms with E-state index in [1.165, 1.54) is 20.8 Å². The second kappa shape index (κ2) is 4.41. The first-order valence-corrected chi connectivity index (χ1v) is 9.27. The molecule has 2 spiro atoms. The van der Waals surface area contributed by atoms with Crippen LogP contribution in [0.15, 0.2) is 0 Å². The normalized spacial score (nSPS) is 43.3. The van der Waals surface area contributed by atoms with Gasteiger partial charge in [-0.15, -0.1) is 0 Å². The van der Waals surface area contributed by atoms with Crippen LogP contribution in [0.5, 0.6) is 0 Å². The summed E-state index contributed by atoms with van der Waals surface area (Å²) in [4.78, 5) is 0. The highest BCUT2D eigenvalue weighted by Crippen LogP contribution is 2.98. The first kappa shape index (κ1) is 18.9. The van der Waals surface area contributed by atoms with Crippen molar-refractivity contribution >= 4 is 0 Å². The molecule has 7 heteroatoms. The minimum Gasteiger partial charge on any atom is -0.352 e. The van der Waals surface area contributed by atoms with Crippen molar-refractivity contribution in [2.75, 3.05) is 0 Å². The van der Waals surface area contributed by atoms with E-state index >= 15 is 0 Å². The van der Waals surface area contributed by atoms with E-state index in [0.717, 1.165) is 12.8 Å². The van der Waals surface area contributed by atoms with Crippen molar-refractivity contribution in [2.24, 2.45) is 34.0 Å². The van der Waals surface area contributed by atoms with Crippen LogP contribution in [-0.4, -0.2) is 23.6 Å². The third-order valence-corrected chi connectivity index (χ3v) is 8.06. The van der Waals surface area contributed by atoms with Crippen LogP contribution >= 0.6 is 0 Å². The highest BCUT2D eigenvalue weighted by molar-refractivity contribution is 5.39. The molecule has 0 saturated heterocycles. The van der Waals surface area contributed by atoms with Crippen molar-refractivity contribution < 1.29 is 31.1 Å². The number of hydrogen-bond acceptors (Lipinski definition) is 1. The van der Waals surface area contributed by atoms with Gasteiger partial charge in [0.25, 0.3) is 5.60 Å². The van der Waals surface area contributed by atoms with E-state index < -0.39 is 35.9 Å². The topological polar surface area (TPSA) is 9.23 Å². The molecule has 0 aromatic heterocycles. The minimum atomic E-state index is -5.51. The molecule has 0 amide bonds. The van der Waals surface area contributed by atoms with Crippen LogP contribution < -0.4 is 0 Å². The minimum absolute atomic E-state index is 0.0233. The number of ether oxygens (including phenoxy) is 1. The third-order valence-electron chi connectivity index (χ3n) is 8.06. The average Bonchev–Trinajstić information content (AvgIpc) is 3.07. The predicted octanol–water partition coefficient (Wildman–Crippen LogP) is 6.13. The molecule has 0 N–H and O–H groups in total. The van der Waals surface area contributed by atoms with Crippen molar-refractivity contribution in [2.45, 2.75) is 83.9 Å². The van der Waals surface area contributed by atoms with Crippen molar-refractivity contribution in [3.8, 4) is 0 Å². The van der Waals surface area contributed by atoms with Gasteiger partial charge in [0.05, 0.1) is 5.60 Å². The number of rotatable bonds is 3. The lowest BCUT2D eigenvalue weighted by Crippen LogP contribution is -2.62. The molecule has 4 aliphatic carbocycles. The number of hydrogen-bond donors (Lipinski definition) is 0. The van der Waals surface area contributed by atoms with E-state index in [1.807, 2.05) is 13.8 Å². The Balaban J connectivity index is 1.73. The lowest BCUT2D eigenvalue weighted by molar-refractivity contribution is -0.404. The molecular weight excluding hydrogens is 358 g/mol. The molecule has 5 atom stereocenters. The van der Waals surface area contributed by atoms with Crippen LogP contribution in [0, 0.1) is 34.0 Å². The summed E-state index contributed by atoms with van der Waals surface area (Å²) >= 11 is 0. The van der Waals surface area contributed by atoms with Gasteiger partial charge < -0.3 is 4.74 Å². The number of halogens is 6. The lowest BCUT2D eigenvalue weighted by Gasteiger charge is -2.44. The highest BCUT2D eigenvalue weighted by Gasteiger charge is 2.92. The standard InChI is InChI=1S/C19H26F6O/c1-13(2,3)26-17(18(20,21)22,19(23,24)25)7-10-6-15-8-11(15)12-14(4,5)16(10,12)9-15/h10-12H,6-9H2,1-5H3. The fourth-order valence-electron chi connectivity index (χ4n) is 7.34. The summed E-state index contributed by atoms with van der Waals surface area (Å²) in [7, 11) is 0. The largest absolute Gasteiger partial charge is 0.426 e. The van der Waals surface area contributed by atoms with Gasteiger partial charge in [-0.25, -0.2) is 0 Å². The summed E-state index contributed by atoms with van der Waals surface area (Å²) in [5.41, 5.74) is -6.16. The Morgan fingerprint density at radius 2 is 1.46 bits per heavy atom. The summed E-state index contributed by atoms with van der Waals surface area (Å²) in [6, 6.07) is 0. The Labute approximate surface area is 149 Å². The van der Waals surface area contributed by atoms with Crippen molar-refractivity contribution in [3.63, 3.8) is 0 Å². The molecule has 1 nitrogen and oxygen atoms in total. The molecule has 0 radical (unpaired) electrons. The molecule has 26 heavy (non-hydrogen) atoms. The molecular formula is C19H26F6O. The van der Waals surface area contributed by atoms with E-state index in [9.17, 15) is 26.3 Å². The molecule has 0 aliphatic heterocycles. The summed E-state index contributed by atoms with van der Waals surface area (Å²) < 4.78 is 88.2. The van der Waals surface area contributed by atoms with Gasteiger partial charge >= 0.3 is 12.4 Å². The summed E-state index contributed by atoms with van der Waals surface area (Å²) in [6.45, 7) is 7.78. The molecule has 0 aromatic rings.